The van der Waals surface area contributed by atoms with Crippen LogP contribution in [0.2, 0.25) is 0 Å². The monoisotopic (exact) mass is 308 g/mol. The van der Waals surface area contributed by atoms with Crippen LogP contribution in [-0.2, 0) is 11.2 Å². The van der Waals surface area contributed by atoms with Gasteiger partial charge in [0.05, 0.1) is 0 Å². The molecule has 0 aliphatic rings. The molecule has 6 heteroatoms. The van der Waals surface area contributed by atoms with Crippen LogP contribution in [0.5, 0.6) is 0 Å². The molecule has 3 N–H and O–H groups in total. The van der Waals surface area contributed by atoms with E-state index < -0.39 is 18.0 Å². The number of carbonyl (C=O) groups excluding carboxylic acids is 1. The van der Waals surface area contributed by atoms with Crippen LogP contribution in [0.4, 0.5) is 4.79 Å². The summed E-state index contributed by atoms with van der Waals surface area (Å²) in [5.41, 5.74) is 0.867. The number of carboxylic acids is 1. The lowest BCUT2D eigenvalue weighted by atomic mass is 10.1. The summed E-state index contributed by atoms with van der Waals surface area (Å²) in [7, 11) is 0. The molecule has 1 aromatic rings. The second kappa shape index (κ2) is 9.88. The lowest BCUT2D eigenvalue weighted by molar-refractivity contribution is -0.139. The van der Waals surface area contributed by atoms with Crippen molar-refractivity contribution in [1.82, 2.24) is 10.6 Å². The lowest BCUT2D eigenvalue weighted by Gasteiger charge is -2.15. The molecule has 1 atom stereocenters. The fourth-order valence-electron chi connectivity index (χ4n) is 1.66. The molecular weight excluding hydrogens is 288 g/mol. The predicted octanol–water partition coefficient (Wildman–Crippen LogP) is 1.90. The Balaban J connectivity index is 2.38. The average Bonchev–Trinajstić information content (AvgIpc) is 2.47. The van der Waals surface area contributed by atoms with Gasteiger partial charge in [0.2, 0.25) is 0 Å². The Morgan fingerprint density at radius 1 is 1.33 bits per heavy atom. The molecule has 2 amide bonds. The van der Waals surface area contributed by atoms with Crippen molar-refractivity contribution in [1.29, 1.82) is 0 Å². The minimum absolute atomic E-state index is 0.259. The number of amides is 2. The van der Waals surface area contributed by atoms with Gasteiger partial charge in [0.1, 0.15) is 6.04 Å². The molecule has 0 aliphatic heterocycles. The molecule has 0 saturated heterocycles. The van der Waals surface area contributed by atoms with Crippen LogP contribution >= 0.6 is 11.8 Å². The maximum atomic E-state index is 11.7. The maximum absolute atomic E-state index is 11.7. The van der Waals surface area contributed by atoms with E-state index in [0.717, 1.165) is 17.1 Å². The smallest absolute Gasteiger partial charge is 0.326 e. The summed E-state index contributed by atoms with van der Waals surface area (Å²) in [5, 5.41) is 14.3. The summed E-state index contributed by atoms with van der Waals surface area (Å²) in [4.78, 5) is 22.9. The summed E-state index contributed by atoms with van der Waals surface area (Å²) in [6.07, 6.45) is 2.06. The Bertz CT molecular complexity index is 465. The van der Waals surface area contributed by atoms with Crippen molar-refractivity contribution < 1.29 is 14.7 Å². The van der Waals surface area contributed by atoms with Gasteiger partial charge in [-0.2, -0.15) is 11.8 Å². The van der Waals surface area contributed by atoms with Crippen LogP contribution in [0.25, 0.3) is 0 Å². The van der Waals surface area contributed by atoms with Crippen molar-refractivity contribution in [3.05, 3.63) is 48.6 Å². The average molecular weight is 308 g/mol. The van der Waals surface area contributed by atoms with Crippen LogP contribution in [0.3, 0.4) is 0 Å². The zero-order chi connectivity index (χ0) is 15.5. The van der Waals surface area contributed by atoms with Crippen LogP contribution < -0.4 is 10.6 Å². The fourth-order valence-corrected chi connectivity index (χ4v) is 2.24. The van der Waals surface area contributed by atoms with E-state index >= 15 is 0 Å². The Labute approximate surface area is 128 Å². The molecule has 0 fully saturated rings. The van der Waals surface area contributed by atoms with Crippen molar-refractivity contribution in [2.24, 2.45) is 0 Å². The van der Waals surface area contributed by atoms with E-state index in [1.54, 1.807) is 17.8 Å². The van der Waals surface area contributed by atoms with Gasteiger partial charge < -0.3 is 15.7 Å². The highest BCUT2D eigenvalue weighted by atomic mass is 32.2. The van der Waals surface area contributed by atoms with Crippen LogP contribution in [0.15, 0.2) is 43.0 Å². The van der Waals surface area contributed by atoms with Crippen molar-refractivity contribution >= 4 is 23.8 Å². The zero-order valence-electron chi connectivity index (χ0n) is 11.7. The molecule has 1 aromatic carbocycles. The quantitative estimate of drug-likeness (QED) is 0.481. The molecule has 1 rings (SSSR count). The van der Waals surface area contributed by atoms with Crippen LogP contribution in [0, 0.1) is 0 Å². The molecule has 114 valence electrons. The van der Waals surface area contributed by atoms with Gasteiger partial charge in [-0.1, -0.05) is 36.4 Å². The van der Waals surface area contributed by atoms with E-state index in [-0.39, 0.29) is 6.42 Å². The Kier molecular flexibility index (Phi) is 8.04. The van der Waals surface area contributed by atoms with E-state index in [9.17, 15) is 9.59 Å². The number of thioether (sulfide) groups is 1. The number of urea groups is 1. The predicted molar refractivity (Wildman–Crippen MR) is 85.6 cm³/mol. The van der Waals surface area contributed by atoms with Gasteiger partial charge in [-0.25, -0.2) is 9.59 Å². The Hall–Kier alpha value is -1.95. The van der Waals surface area contributed by atoms with Crippen molar-refractivity contribution in [3.63, 3.8) is 0 Å². The van der Waals surface area contributed by atoms with E-state index in [1.807, 2.05) is 30.3 Å². The topological polar surface area (TPSA) is 78.4 Å². The molecule has 0 saturated carbocycles. The zero-order valence-corrected chi connectivity index (χ0v) is 12.6. The van der Waals surface area contributed by atoms with Gasteiger partial charge >= 0.3 is 12.0 Å². The SMILES string of the molecule is C=CCSCCNC(=O)NC(Cc1ccccc1)C(=O)O. The summed E-state index contributed by atoms with van der Waals surface area (Å²) < 4.78 is 0. The third kappa shape index (κ3) is 7.41. The van der Waals surface area contributed by atoms with E-state index in [0.29, 0.717) is 6.54 Å². The number of aliphatic carboxylic acids is 1. The standard InChI is InChI=1S/C15H20N2O3S/c1-2-9-21-10-8-16-15(20)17-13(14(18)19)11-12-6-4-3-5-7-12/h2-7,13H,1,8-11H2,(H,18,19)(H2,16,17,20). The van der Waals surface area contributed by atoms with Crippen molar-refractivity contribution in [3.8, 4) is 0 Å². The first-order valence-electron chi connectivity index (χ1n) is 6.63. The van der Waals surface area contributed by atoms with Crippen LogP contribution in [0.1, 0.15) is 5.56 Å². The number of rotatable bonds is 9. The second-order valence-corrected chi connectivity index (χ2v) is 5.49. The third-order valence-electron chi connectivity index (χ3n) is 2.65. The highest BCUT2D eigenvalue weighted by molar-refractivity contribution is 7.99. The molecule has 0 heterocycles. The molecule has 0 spiro atoms. The summed E-state index contributed by atoms with van der Waals surface area (Å²) >= 11 is 1.65. The molecule has 0 aromatic heterocycles. The van der Waals surface area contributed by atoms with Crippen LogP contribution in [-0.4, -0.2) is 41.2 Å². The van der Waals surface area contributed by atoms with Crippen molar-refractivity contribution in [2.45, 2.75) is 12.5 Å². The Morgan fingerprint density at radius 3 is 2.67 bits per heavy atom. The third-order valence-corrected chi connectivity index (χ3v) is 3.62. The second-order valence-electron chi connectivity index (χ2n) is 4.34. The van der Waals surface area contributed by atoms with Gasteiger partial charge in [0.25, 0.3) is 0 Å². The highest BCUT2D eigenvalue weighted by Gasteiger charge is 2.19. The van der Waals surface area contributed by atoms with E-state index in [2.05, 4.69) is 17.2 Å². The number of nitrogens with one attached hydrogen (secondary N) is 2. The molecule has 0 bridgehead atoms. The van der Waals surface area contributed by atoms with E-state index in [1.165, 1.54) is 0 Å². The number of hydrogen-bond donors (Lipinski definition) is 3. The largest absolute Gasteiger partial charge is 0.480 e. The first kappa shape index (κ1) is 17.1. The van der Waals surface area contributed by atoms with Gasteiger partial charge in [-0.05, 0) is 5.56 Å². The molecule has 0 aliphatic carbocycles. The summed E-state index contributed by atoms with van der Waals surface area (Å²) in [5.74, 6) is 0.542. The number of carbonyl (C=O) groups is 2. The van der Waals surface area contributed by atoms with Gasteiger partial charge in [0, 0.05) is 24.5 Å². The summed E-state index contributed by atoms with van der Waals surface area (Å²) in [6, 6.07) is 7.81. The minimum atomic E-state index is -1.05. The van der Waals surface area contributed by atoms with E-state index in [4.69, 9.17) is 5.11 Å². The maximum Gasteiger partial charge on any atom is 0.326 e. The molecule has 5 nitrogen and oxygen atoms in total. The molecular formula is C15H20N2O3S. The number of benzene rings is 1. The lowest BCUT2D eigenvalue weighted by Crippen LogP contribution is -2.47. The van der Waals surface area contributed by atoms with Gasteiger partial charge in [-0.3, -0.25) is 0 Å². The highest BCUT2D eigenvalue weighted by Crippen LogP contribution is 2.03. The van der Waals surface area contributed by atoms with Gasteiger partial charge in [0.15, 0.2) is 0 Å². The van der Waals surface area contributed by atoms with Gasteiger partial charge in [-0.15, -0.1) is 6.58 Å². The number of carboxylic acid groups (broad SMARTS) is 1. The Morgan fingerprint density at radius 2 is 2.05 bits per heavy atom. The fraction of sp³-hybridized carbons (Fsp3) is 0.333. The van der Waals surface area contributed by atoms with Crippen molar-refractivity contribution in [2.75, 3.05) is 18.1 Å². The first-order chi connectivity index (χ1) is 10.1. The number of hydrogen-bond acceptors (Lipinski definition) is 3. The normalized spacial score (nSPS) is 11.4. The molecule has 21 heavy (non-hydrogen) atoms. The molecule has 0 radical (unpaired) electrons. The molecule has 1 unspecified atom stereocenters. The first-order valence-corrected chi connectivity index (χ1v) is 7.78. The summed E-state index contributed by atoms with van der Waals surface area (Å²) in [6.45, 7) is 4.09. The minimum Gasteiger partial charge on any atom is -0.480 e.